The highest BCUT2D eigenvalue weighted by Crippen LogP contribution is 2.13. The lowest BCUT2D eigenvalue weighted by Crippen LogP contribution is -1.96. The zero-order chi connectivity index (χ0) is 10.1. The second kappa shape index (κ2) is 3.26. The normalized spacial score (nSPS) is 10.8. The summed E-state index contributed by atoms with van der Waals surface area (Å²) >= 11 is 0. The molecule has 0 saturated carbocycles. The van der Waals surface area contributed by atoms with Crippen LogP contribution in [0.25, 0.3) is 5.69 Å². The van der Waals surface area contributed by atoms with E-state index in [0.29, 0.717) is 6.54 Å². The zero-order valence-corrected chi connectivity index (χ0v) is 8.28. The molecule has 0 bridgehead atoms. The van der Waals surface area contributed by atoms with Crippen molar-refractivity contribution in [1.29, 1.82) is 0 Å². The number of nitrogens with one attached hydrogen (secondary N) is 1. The van der Waals surface area contributed by atoms with Gasteiger partial charge in [-0.05, 0) is 19.9 Å². The number of aromatic nitrogens is 4. The molecule has 0 saturated heterocycles. The molecule has 5 heteroatoms. The van der Waals surface area contributed by atoms with Gasteiger partial charge in [0.2, 0.25) is 0 Å². The van der Waals surface area contributed by atoms with Crippen molar-refractivity contribution in [3.05, 3.63) is 29.3 Å². The first-order valence-electron chi connectivity index (χ1n) is 4.48. The third-order valence-corrected chi connectivity index (χ3v) is 2.12. The summed E-state index contributed by atoms with van der Waals surface area (Å²) < 4.78 is 1.74. The van der Waals surface area contributed by atoms with Gasteiger partial charge in [-0.25, -0.2) is 4.68 Å². The standard InChI is InChI=1S/C9H13N5/c1-6-3-9(7(2)11-6)14-5-8(4-10)12-13-14/h3,5,11H,4,10H2,1-2H3. The van der Waals surface area contributed by atoms with Gasteiger partial charge in [0.15, 0.2) is 0 Å². The fraction of sp³-hybridized carbons (Fsp3) is 0.333. The van der Waals surface area contributed by atoms with E-state index in [2.05, 4.69) is 15.3 Å². The number of rotatable bonds is 2. The summed E-state index contributed by atoms with van der Waals surface area (Å²) in [6, 6.07) is 2.03. The van der Waals surface area contributed by atoms with E-state index >= 15 is 0 Å². The van der Waals surface area contributed by atoms with Crippen molar-refractivity contribution in [2.75, 3.05) is 0 Å². The maximum Gasteiger partial charge on any atom is 0.0967 e. The van der Waals surface area contributed by atoms with Crippen molar-refractivity contribution in [3.63, 3.8) is 0 Å². The first-order chi connectivity index (χ1) is 6.70. The summed E-state index contributed by atoms with van der Waals surface area (Å²) in [5, 5.41) is 7.93. The molecule has 3 N–H and O–H groups in total. The molecule has 14 heavy (non-hydrogen) atoms. The molecule has 0 spiro atoms. The lowest BCUT2D eigenvalue weighted by atomic mass is 10.4. The van der Waals surface area contributed by atoms with Crippen LogP contribution in [0.2, 0.25) is 0 Å². The number of hydrogen-bond acceptors (Lipinski definition) is 3. The van der Waals surface area contributed by atoms with E-state index < -0.39 is 0 Å². The van der Waals surface area contributed by atoms with Gasteiger partial charge in [-0.3, -0.25) is 0 Å². The van der Waals surface area contributed by atoms with Gasteiger partial charge in [-0.1, -0.05) is 5.21 Å². The minimum Gasteiger partial charge on any atom is -0.361 e. The molecule has 0 amide bonds. The summed E-state index contributed by atoms with van der Waals surface area (Å²) in [6.45, 7) is 4.44. The highest BCUT2D eigenvalue weighted by molar-refractivity contribution is 5.38. The highest BCUT2D eigenvalue weighted by Gasteiger charge is 2.06. The quantitative estimate of drug-likeness (QED) is 0.732. The Labute approximate surface area is 81.9 Å². The van der Waals surface area contributed by atoms with Crippen molar-refractivity contribution in [1.82, 2.24) is 20.0 Å². The molecule has 0 unspecified atom stereocenters. The molecule has 2 rings (SSSR count). The van der Waals surface area contributed by atoms with E-state index in [1.807, 2.05) is 26.1 Å². The molecule has 0 radical (unpaired) electrons. The van der Waals surface area contributed by atoms with Gasteiger partial charge in [-0.2, -0.15) is 0 Å². The smallest absolute Gasteiger partial charge is 0.0967 e. The van der Waals surface area contributed by atoms with Crippen molar-refractivity contribution >= 4 is 0 Å². The minimum atomic E-state index is 0.419. The molecule has 2 aromatic rings. The van der Waals surface area contributed by atoms with Crippen LogP contribution >= 0.6 is 0 Å². The van der Waals surface area contributed by atoms with Crippen LogP contribution in [0.5, 0.6) is 0 Å². The molecule has 0 atom stereocenters. The Morgan fingerprint density at radius 1 is 1.50 bits per heavy atom. The Kier molecular flexibility index (Phi) is 2.09. The van der Waals surface area contributed by atoms with Gasteiger partial charge in [0.1, 0.15) is 0 Å². The van der Waals surface area contributed by atoms with Crippen LogP contribution in [-0.2, 0) is 6.54 Å². The van der Waals surface area contributed by atoms with E-state index in [0.717, 1.165) is 22.8 Å². The molecule has 5 nitrogen and oxygen atoms in total. The number of aromatic amines is 1. The topological polar surface area (TPSA) is 72.5 Å². The molecule has 0 fully saturated rings. The molecule has 0 aliphatic carbocycles. The van der Waals surface area contributed by atoms with Gasteiger partial charge >= 0.3 is 0 Å². The maximum absolute atomic E-state index is 5.46. The summed E-state index contributed by atoms with van der Waals surface area (Å²) in [5.41, 5.74) is 9.47. The van der Waals surface area contributed by atoms with E-state index in [1.165, 1.54) is 0 Å². The first kappa shape index (κ1) is 8.96. The third-order valence-electron chi connectivity index (χ3n) is 2.12. The van der Waals surface area contributed by atoms with Crippen LogP contribution in [0.4, 0.5) is 0 Å². The van der Waals surface area contributed by atoms with Crippen molar-refractivity contribution in [3.8, 4) is 5.69 Å². The number of aryl methyl sites for hydroxylation is 2. The molecule has 2 heterocycles. The summed E-state index contributed by atoms with van der Waals surface area (Å²) in [5.74, 6) is 0. The van der Waals surface area contributed by atoms with Crippen LogP contribution < -0.4 is 5.73 Å². The Morgan fingerprint density at radius 3 is 2.79 bits per heavy atom. The van der Waals surface area contributed by atoms with Crippen LogP contribution in [0.3, 0.4) is 0 Å². The van der Waals surface area contributed by atoms with Gasteiger partial charge in [0, 0.05) is 17.9 Å². The monoisotopic (exact) mass is 191 g/mol. The Bertz CT molecular complexity index is 440. The second-order valence-corrected chi connectivity index (χ2v) is 3.32. The molecule has 0 aromatic carbocycles. The average molecular weight is 191 g/mol. The van der Waals surface area contributed by atoms with Crippen LogP contribution in [0.1, 0.15) is 17.1 Å². The summed E-state index contributed by atoms with van der Waals surface area (Å²) in [7, 11) is 0. The minimum absolute atomic E-state index is 0.419. The summed E-state index contributed by atoms with van der Waals surface area (Å²) in [4.78, 5) is 3.21. The predicted octanol–water partition coefficient (Wildman–Crippen LogP) is 0.671. The third kappa shape index (κ3) is 1.42. The van der Waals surface area contributed by atoms with E-state index in [1.54, 1.807) is 4.68 Å². The van der Waals surface area contributed by atoms with Crippen molar-refractivity contribution < 1.29 is 0 Å². The fourth-order valence-corrected chi connectivity index (χ4v) is 1.46. The van der Waals surface area contributed by atoms with Crippen LogP contribution in [0.15, 0.2) is 12.3 Å². The van der Waals surface area contributed by atoms with Crippen molar-refractivity contribution in [2.24, 2.45) is 5.73 Å². The molecule has 0 aliphatic heterocycles. The molecule has 74 valence electrons. The lowest BCUT2D eigenvalue weighted by Gasteiger charge is -1.95. The maximum atomic E-state index is 5.46. The second-order valence-electron chi connectivity index (χ2n) is 3.32. The Balaban J connectivity index is 2.43. The summed E-state index contributed by atoms with van der Waals surface area (Å²) in [6.07, 6.45) is 1.84. The largest absolute Gasteiger partial charge is 0.361 e. The first-order valence-corrected chi connectivity index (χ1v) is 4.48. The fourth-order valence-electron chi connectivity index (χ4n) is 1.46. The van der Waals surface area contributed by atoms with Crippen LogP contribution in [0, 0.1) is 13.8 Å². The van der Waals surface area contributed by atoms with Crippen LogP contribution in [-0.4, -0.2) is 20.0 Å². The van der Waals surface area contributed by atoms with Crippen molar-refractivity contribution in [2.45, 2.75) is 20.4 Å². The van der Waals surface area contributed by atoms with Gasteiger partial charge in [0.25, 0.3) is 0 Å². The Hall–Kier alpha value is -1.62. The van der Waals surface area contributed by atoms with Gasteiger partial charge in [-0.15, -0.1) is 5.10 Å². The van der Waals surface area contributed by atoms with Gasteiger partial charge < -0.3 is 10.7 Å². The van der Waals surface area contributed by atoms with E-state index in [-0.39, 0.29) is 0 Å². The number of nitrogens with zero attached hydrogens (tertiary/aromatic N) is 3. The lowest BCUT2D eigenvalue weighted by molar-refractivity contribution is 0.793. The molecular weight excluding hydrogens is 178 g/mol. The molecule has 0 aliphatic rings. The predicted molar refractivity (Wildman–Crippen MR) is 53.1 cm³/mol. The SMILES string of the molecule is Cc1cc(-n2cc(CN)nn2)c(C)[nH]1. The highest BCUT2D eigenvalue weighted by atomic mass is 15.4. The zero-order valence-electron chi connectivity index (χ0n) is 8.28. The molecule has 2 aromatic heterocycles. The number of H-pyrrole nitrogens is 1. The average Bonchev–Trinajstić information content (AvgIpc) is 2.71. The molecular formula is C9H13N5. The van der Waals surface area contributed by atoms with Gasteiger partial charge in [0.05, 0.1) is 17.6 Å². The Morgan fingerprint density at radius 2 is 2.29 bits per heavy atom. The van der Waals surface area contributed by atoms with E-state index in [9.17, 15) is 0 Å². The number of nitrogens with two attached hydrogens (primary N) is 1. The van der Waals surface area contributed by atoms with E-state index in [4.69, 9.17) is 5.73 Å². The number of hydrogen-bond donors (Lipinski definition) is 2.